The molecule has 0 bridgehead atoms. The van der Waals surface area contributed by atoms with E-state index in [1.54, 1.807) is 0 Å². The third-order valence-electron chi connectivity index (χ3n) is 6.17. The standard InChI is InChI=1S/C11H11F3N4O2S.C10H10F3N5O2S/c12-11(13,14)7-17-6-9(4-15-17)21(19,20)18-5-8-2-1-3-10(8)16-18;11-10(12,13)6-17-5-8(2-15-17)21(19,20)18-4-7-1-14-3-9(7)16-18/h4-6H,1-3,7H2;2,4-5,14H,1,3,6H2. The van der Waals surface area contributed by atoms with E-state index in [0.29, 0.717) is 34.6 Å². The molecule has 1 aliphatic heterocycles. The first-order chi connectivity index (χ1) is 19.5. The van der Waals surface area contributed by atoms with Crippen LogP contribution in [0.3, 0.4) is 0 Å². The lowest BCUT2D eigenvalue weighted by molar-refractivity contribution is -0.143. The van der Waals surface area contributed by atoms with E-state index in [1.165, 1.54) is 12.4 Å². The predicted octanol–water partition coefficient (Wildman–Crippen LogP) is 1.85. The fourth-order valence-corrected chi connectivity index (χ4v) is 6.52. The van der Waals surface area contributed by atoms with Gasteiger partial charge >= 0.3 is 12.4 Å². The number of hydrogen-bond acceptors (Lipinski definition) is 9. The van der Waals surface area contributed by atoms with Crippen LogP contribution in [0.4, 0.5) is 26.3 Å². The van der Waals surface area contributed by atoms with E-state index in [-0.39, 0.29) is 9.79 Å². The average Bonchev–Trinajstić information content (AvgIpc) is 3.66. The minimum absolute atomic E-state index is 0.312. The third-order valence-corrected chi connectivity index (χ3v) is 9.14. The Bertz CT molecular complexity index is 1640. The summed E-state index contributed by atoms with van der Waals surface area (Å²) >= 11 is 0. The van der Waals surface area contributed by atoms with Gasteiger partial charge in [-0.3, -0.25) is 9.36 Å². The highest BCUT2D eigenvalue weighted by molar-refractivity contribution is 7.90. The second-order valence-corrected chi connectivity index (χ2v) is 13.0. The van der Waals surface area contributed by atoms with Crippen LogP contribution in [0, 0.1) is 0 Å². The van der Waals surface area contributed by atoms with Gasteiger partial charge in [-0.25, -0.2) is 0 Å². The van der Waals surface area contributed by atoms with Crippen LogP contribution in [0.5, 0.6) is 0 Å². The molecule has 0 fully saturated rings. The van der Waals surface area contributed by atoms with Crippen molar-refractivity contribution in [2.45, 2.75) is 67.6 Å². The average molecular weight is 642 g/mol. The number of hydrogen-bond donors (Lipinski definition) is 1. The molecule has 5 heterocycles. The van der Waals surface area contributed by atoms with E-state index < -0.39 is 45.5 Å². The molecule has 0 aromatic carbocycles. The van der Waals surface area contributed by atoms with Gasteiger partial charge in [0.25, 0.3) is 20.0 Å². The van der Waals surface area contributed by atoms with Crippen molar-refractivity contribution in [1.82, 2.24) is 43.2 Å². The highest BCUT2D eigenvalue weighted by Crippen LogP contribution is 2.24. The first-order valence-corrected chi connectivity index (χ1v) is 14.9. The summed E-state index contributed by atoms with van der Waals surface area (Å²) in [4.78, 5) is -0.645. The van der Waals surface area contributed by atoms with Gasteiger partial charge in [0.15, 0.2) is 0 Å². The number of rotatable bonds is 6. The Labute approximate surface area is 233 Å². The summed E-state index contributed by atoms with van der Waals surface area (Å²) in [7, 11) is -8.02. The number of aromatic nitrogens is 8. The molecule has 4 aromatic heterocycles. The summed E-state index contributed by atoms with van der Waals surface area (Å²) < 4.78 is 125. The first-order valence-electron chi connectivity index (χ1n) is 12.1. The van der Waals surface area contributed by atoms with Crippen molar-refractivity contribution in [1.29, 1.82) is 0 Å². The van der Waals surface area contributed by atoms with E-state index >= 15 is 0 Å². The second-order valence-electron chi connectivity index (χ2n) is 9.39. The summed E-state index contributed by atoms with van der Waals surface area (Å²) in [6.45, 7) is -1.70. The molecule has 4 aromatic rings. The van der Waals surface area contributed by atoms with Crippen LogP contribution in [0.2, 0.25) is 0 Å². The molecule has 2 aliphatic rings. The lowest BCUT2D eigenvalue weighted by Gasteiger charge is -2.05. The van der Waals surface area contributed by atoms with Crippen LogP contribution in [0.15, 0.2) is 47.0 Å². The molecule has 13 nitrogen and oxygen atoms in total. The normalized spacial score (nSPS) is 15.4. The number of nitrogens with zero attached hydrogens (tertiary/aromatic N) is 8. The lowest BCUT2D eigenvalue weighted by Crippen LogP contribution is -2.18. The summed E-state index contributed by atoms with van der Waals surface area (Å²) in [6.07, 6.45) is -0.273. The van der Waals surface area contributed by atoms with Crippen molar-refractivity contribution in [2.75, 3.05) is 0 Å². The maximum absolute atomic E-state index is 12.3. The molecule has 42 heavy (non-hydrogen) atoms. The Morgan fingerprint density at radius 2 is 1.19 bits per heavy atom. The lowest BCUT2D eigenvalue weighted by atomic mass is 10.3. The Kier molecular flexibility index (Phi) is 7.46. The van der Waals surface area contributed by atoms with Gasteiger partial charge in [0.05, 0.1) is 23.8 Å². The molecule has 21 heteroatoms. The molecule has 228 valence electrons. The van der Waals surface area contributed by atoms with Gasteiger partial charge in [-0.2, -0.15) is 71.7 Å². The van der Waals surface area contributed by atoms with Gasteiger partial charge in [-0.1, -0.05) is 0 Å². The van der Waals surface area contributed by atoms with Crippen LogP contribution >= 0.6 is 0 Å². The number of nitrogens with one attached hydrogen (secondary N) is 1. The van der Waals surface area contributed by atoms with E-state index in [4.69, 9.17) is 0 Å². The monoisotopic (exact) mass is 641 g/mol. The van der Waals surface area contributed by atoms with Gasteiger partial charge in [0.2, 0.25) is 0 Å². The van der Waals surface area contributed by atoms with Crippen molar-refractivity contribution < 1.29 is 43.2 Å². The van der Waals surface area contributed by atoms with E-state index in [1.807, 2.05) is 0 Å². The zero-order chi connectivity index (χ0) is 30.5. The smallest absolute Gasteiger partial charge is 0.307 e. The second kappa shape index (κ2) is 10.5. The summed E-state index contributed by atoms with van der Waals surface area (Å²) in [5.41, 5.74) is 2.95. The SMILES string of the molecule is O=S(=O)(c1cnn(CC(F)(F)F)c1)n1cc2c(n1)CCC2.O=S(=O)(c1cnn(CC(F)(F)F)c1)n1cc2c(n1)CNC2. The van der Waals surface area contributed by atoms with Crippen LogP contribution in [-0.4, -0.2) is 67.1 Å². The van der Waals surface area contributed by atoms with Crippen LogP contribution in [0.25, 0.3) is 0 Å². The van der Waals surface area contributed by atoms with Gasteiger partial charge in [0.1, 0.15) is 22.9 Å². The van der Waals surface area contributed by atoms with Gasteiger partial charge in [-0.15, -0.1) is 0 Å². The fourth-order valence-electron chi connectivity index (χ4n) is 4.28. The van der Waals surface area contributed by atoms with E-state index in [0.717, 1.165) is 62.6 Å². The van der Waals surface area contributed by atoms with Gasteiger partial charge in [-0.05, 0) is 24.8 Å². The zero-order valence-corrected chi connectivity index (χ0v) is 22.8. The first kappa shape index (κ1) is 29.8. The molecule has 0 saturated carbocycles. The number of alkyl halides is 6. The predicted molar refractivity (Wildman–Crippen MR) is 129 cm³/mol. The molecule has 0 radical (unpaired) electrons. The summed E-state index contributed by atoms with van der Waals surface area (Å²) in [5, 5.41) is 17.8. The maximum atomic E-state index is 12.3. The fraction of sp³-hybridized carbons (Fsp3) is 0.429. The van der Waals surface area contributed by atoms with Crippen molar-refractivity contribution in [3.8, 4) is 0 Å². The third kappa shape index (κ3) is 6.36. The van der Waals surface area contributed by atoms with Crippen molar-refractivity contribution in [3.05, 3.63) is 59.7 Å². The van der Waals surface area contributed by atoms with Crippen molar-refractivity contribution in [3.63, 3.8) is 0 Å². The van der Waals surface area contributed by atoms with Crippen LogP contribution < -0.4 is 5.32 Å². The maximum Gasteiger partial charge on any atom is 0.408 e. The van der Waals surface area contributed by atoms with Crippen LogP contribution in [-0.2, 0) is 59.1 Å². The molecule has 1 N–H and O–H groups in total. The zero-order valence-electron chi connectivity index (χ0n) is 21.2. The molecular formula is C21H21F6N9O4S2. The largest absolute Gasteiger partial charge is 0.408 e. The number of aryl methyl sites for hydroxylation is 2. The van der Waals surface area contributed by atoms with Gasteiger partial charge < -0.3 is 5.32 Å². The Morgan fingerprint density at radius 1 is 0.690 bits per heavy atom. The topological polar surface area (TPSA) is 152 Å². The number of halogens is 6. The molecule has 0 saturated heterocycles. The molecule has 0 spiro atoms. The molecule has 1 aliphatic carbocycles. The molecule has 6 rings (SSSR count). The van der Waals surface area contributed by atoms with Crippen LogP contribution in [0.1, 0.15) is 28.9 Å². The van der Waals surface area contributed by atoms with Crippen molar-refractivity contribution in [2.24, 2.45) is 0 Å². The highest BCUT2D eigenvalue weighted by atomic mass is 32.2. The van der Waals surface area contributed by atoms with E-state index in [2.05, 4.69) is 25.7 Å². The van der Waals surface area contributed by atoms with Crippen molar-refractivity contribution >= 4 is 20.0 Å². The summed E-state index contributed by atoms with van der Waals surface area (Å²) in [6, 6.07) is 0. The van der Waals surface area contributed by atoms with E-state index in [9.17, 15) is 43.2 Å². The molecular weight excluding hydrogens is 620 g/mol. The molecule has 0 amide bonds. The summed E-state index contributed by atoms with van der Waals surface area (Å²) in [5.74, 6) is 0. The Morgan fingerprint density at radius 3 is 1.67 bits per heavy atom. The van der Waals surface area contributed by atoms with Gasteiger partial charge in [0, 0.05) is 43.4 Å². The highest BCUT2D eigenvalue weighted by Gasteiger charge is 2.31. The minimum atomic E-state index is -4.47. The molecule has 0 unspecified atom stereocenters. The minimum Gasteiger partial charge on any atom is -0.307 e. The number of fused-ring (bicyclic) bond motifs is 2. The molecule has 0 atom stereocenters. The Hall–Kier alpha value is -3.72. The Balaban J connectivity index is 0.000000168. The quantitative estimate of drug-likeness (QED) is 0.311.